The molecule has 3 rings (SSSR count). The monoisotopic (exact) mass is 231 g/mol. The van der Waals surface area contributed by atoms with Gasteiger partial charge in [0.1, 0.15) is 5.52 Å². The Morgan fingerprint density at radius 3 is 3.12 bits per heavy atom. The highest BCUT2D eigenvalue weighted by molar-refractivity contribution is 5.72. The maximum absolute atomic E-state index is 5.33. The Morgan fingerprint density at radius 2 is 2.35 bits per heavy atom. The lowest BCUT2D eigenvalue weighted by atomic mass is 10.1. The SMILES string of the molecule is CNC(CNC1CC1)c1ccc2ncoc2c1. The topological polar surface area (TPSA) is 50.1 Å². The van der Waals surface area contributed by atoms with Crippen LogP contribution in [0.15, 0.2) is 29.0 Å². The number of oxazole rings is 1. The second kappa shape index (κ2) is 4.47. The molecule has 4 nitrogen and oxygen atoms in total. The number of likely N-dealkylation sites (N-methyl/N-ethyl adjacent to an activating group) is 1. The van der Waals surface area contributed by atoms with Gasteiger partial charge in [-0.25, -0.2) is 4.98 Å². The van der Waals surface area contributed by atoms with Crippen molar-refractivity contribution in [2.75, 3.05) is 13.6 Å². The van der Waals surface area contributed by atoms with Gasteiger partial charge in [0.25, 0.3) is 0 Å². The van der Waals surface area contributed by atoms with Crippen LogP contribution in [-0.2, 0) is 0 Å². The molecule has 0 saturated heterocycles. The Morgan fingerprint density at radius 1 is 1.47 bits per heavy atom. The predicted molar refractivity (Wildman–Crippen MR) is 66.8 cm³/mol. The molecule has 0 amide bonds. The summed E-state index contributed by atoms with van der Waals surface area (Å²) in [7, 11) is 1.99. The van der Waals surface area contributed by atoms with E-state index in [2.05, 4.69) is 27.8 Å². The fourth-order valence-electron chi connectivity index (χ4n) is 2.05. The maximum atomic E-state index is 5.33. The van der Waals surface area contributed by atoms with E-state index in [0.29, 0.717) is 6.04 Å². The van der Waals surface area contributed by atoms with Crippen LogP contribution < -0.4 is 10.6 Å². The van der Waals surface area contributed by atoms with E-state index in [4.69, 9.17) is 4.42 Å². The Hall–Kier alpha value is -1.39. The first kappa shape index (κ1) is 10.7. The van der Waals surface area contributed by atoms with Gasteiger partial charge in [-0.05, 0) is 37.6 Å². The number of rotatable bonds is 5. The summed E-state index contributed by atoms with van der Waals surface area (Å²) in [6.07, 6.45) is 4.13. The quantitative estimate of drug-likeness (QED) is 0.824. The van der Waals surface area contributed by atoms with Gasteiger partial charge in [-0.2, -0.15) is 0 Å². The van der Waals surface area contributed by atoms with Gasteiger partial charge in [-0.15, -0.1) is 0 Å². The zero-order valence-corrected chi connectivity index (χ0v) is 9.94. The van der Waals surface area contributed by atoms with Gasteiger partial charge in [0.05, 0.1) is 0 Å². The summed E-state index contributed by atoms with van der Waals surface area (Å²) in [6.45, 7) is 0.959. The van der Waals surface area contributed by atoms with Gasteiger partial charge in [-0.3, -0.25) is 0 Å². The number of aromatic nitrogens is 1. The van der Waals surface area contributed by atoms with Gasteiger partial charge in [0, 0.05) is 18.6 Å². The van der Waals surface area contributed by atoms with Crippen LogP contribution in [0.5, 0.6) is 0 Å². The largest absolute Gasteiger partial charge is 0.443 e. The summed E-state index contributed by atoms with van der Waals surface area (Å²) in [5.41, 5.74) is 3.01. The molecule has 0 bridgehead atoms. The first-order chi connectivity index (χ1) is 8.36. The van der Waals surface area contributed by atoms with Crippen LogP contribution in [0.3, 0.4) is 0 Å². The zero-order valence-electron chi connectivity index (χ0n) is 9.94. The van der Waals surface area contributed by atoms with Crippen molar-refractivity contribution in [3.63, 3.8) is 0 Å². The van der Waals surface area contributed by atoms with Crippen LogP contribution >= 0.6 is 0 Å². The Balaban J connectivity index is 1.78. The molecule has 2 aromatic rings. The molecule has 1 heterocycles. The lowest BCUT2D eigenvalue weighted by molar-refractivity contribution is 0.525. The minimum absolute atomic E-state index is 0.324. The second-order valence-electron chi connectivity index (χ2n) is 4.60. The molecule has 0 spiro atoms. The van der Waals surface area contributed by atoms with Gasteiger partial charge in [-0.1, -0.05) is 6.07 Å². The van der Waals surface area contributed by atoms with E-state index < -0.39 is 0 Å². The standard InChI is InChI=1S/C13H17N3O/c1-14-12(7-15-10-3-4-10)9-2-5-11-13(6-9)17-8-16-11/h2,5-6,8,10,12,14-15H,3-4,7H2,1H3. The number of nitrogens with zero attached hydrogens (tertiary/aromatic N) is 1. The third-order valence-electron chi connectivity index (χ3n) is 3.29. The van der Waals surface area contributed by atoms with Crippen molar-refractivity contribution in [2.24, 2.45) is 0 Å². The third-order valence-corrected chi connectivity index (χ3v) is 3.29. The summed E-state index contributed by atoms with van der Waals surface area (Å²) in [4.78, 5) is 4.13. The van der Waals surface area contributed by atoms with Gasteiger partial charge in [0.15, 0.2) is 12.0 Å². The molecule has 0 aliphatic heterocycles. The fourth-order valence-corrected chi connectivity index (χ4v) is 2.05. The van der Waals surface area contributed by atoms with Crippen LogP contribution in [-0.4, -0.2) is 24.6 Å². The van der Waals surface area contributed by atoms with Crippen molar-refractivity contribution in [1.82, 2.24) is 15.6 Å². The van der Waals surface area contributed by atoms with Crippen molar-refractivity contribution in [3.8, 4) is 0 Å². The molecule has 0 radical (unpaired) electrons. The fraction of sp³-hybridized carbons (Fsp3) is 0.462. The van der Waals surface area contributed by atoms with Gasteiger partial charge in [0.2, 0.25) is 0 Å². The average molecular weight is 231 g/mol. The summed E-state index contributed by atoms with van der Waals surface area (Å²) in [5, 5.41) is 6.87. The number of fused-ring (bicyclic) bond motifs is 1. The number of hydrogen-bond donors (Lipinski definition) is 2. The van der Waals surface area contributed by atoms with Gasteiger partial charge >= 0.3 is 0 Å². The smallest absolute Gasteiger partial charge is 0.181 e. The van der Waals surface area contributed by atoms with Crippen LogP contribution in [0.1, 0.15) is 24.4 Å². The predicted octanol–water partition coefficient (Wildman–Crippen LogP) is 1.84. The van der Waals surface area contributed by atoms with Crippen molar-refractivity contribution in [1.29, 1.82) is 0 Å². The van der Waals surface area contributed by atoms with Crippen LogP contribution in [0, 0.1) is 0 Å². The summed E-state index contributed by atoms with van der Waals surface area (Å²) < 4.78 is 5.33. The zero-order chi connectivity index (χ0) is 11.7. The summed E-state index contributed by atoms with van der Waals surface area (Å²) in [6, 6.07) is 7.25. The maximum Gasteiger partial charge on any atom is 0.181 e. The van der Waals surface area contributed by atoms with E-state index in [0.717, 1.165) is 23.7 Å². The lowest BCUT2D eigenvalue weighted by Crippen LogP contribution is -2.30. The van der Waals surface area contributed by atoms with Crippen molar-refractivity contribution >= 4 is 11.1 Å². The molecule has 90 valence electrons. The minimum Gasteiger partial charge on any atom is -0.443 e. The van der Waals surface area contributed by atoms with Gasteiger partial charge < -0.3 is 15.1 Å². The van der Waals surface area contributed by atoms with E-state index in [1.807, 2.05) is 13.1 Å². The molecule has 1 fully saturated rings. The molecule has 2 N–H and O–H groups in total. The average Bonchev–Trinajstić information content (AvgIpc) is 3.06. The molecule has 17 heavy (non-hydrogen) atoms. The van der Waals surface area contributed by atoms with E-state index in [9.17, 15) is 0 Å². The molecule has 1 aromatic carbocycles. The molecular formula is C13H17N3O. The van der Waals surface area contributed by atoms with Crippen molar-refractivity contribution in [3.05, 3.63) is 30.2 Å². The van der Waals surface area contributed by atoms with E-state index in [-0.39, 0.29) is 0 Å². The molecule has 1 saturated carbocycles. The number of hydrogen-bond acceptors (Lipinski definition) is 4. The van der Waals surface area contributed by atoms with E-state index in [1.54, 1.807) is 0 Å². The van der Waals surface area contributed by atoms with E-state index in [1.165, 1.54) is 24.8 Å². The molecule has 1 aliphatic rings. The minimum atomic E-state index is 0.324. The Kier molecular flexibility index (Phi) is 2.82. The normalized spacial score (nSPS) is 17.5. The molecule has 4 heteroatoms. The second-order valence-corrected chi connectivity index (χ2v) is 4.60. The van der Waals surface area contributed by atoms with Crippen LogP contribution in [0.2, 0.25) is 0 Å². The Labute approximate surface area is 100 Å². The van der Waals surface area contributed by atoms with Crippen LogP contribution in [0.4, 0.5) is 0 Å². The molecule has 1 unspecified atom stereocenters. The molecule has 1 aromatic heterocycles. The summed E-state index contributed by atoms with van der Waals surface area (Å²) in [5.74, 6) is 0. The van der Waals surface area contributed by atoms with Crippen molar-refractivity contribution < 1.29 is 4.42 Å². The highest BCUT2D eigenvalue weighted by Crippen LogP contribution is 2.22. The summed E-state index contributed by atoms with van der Waals surface area (Å²) >= 11 is 0. The number of benzene rings is 1. The van der Waals surface area contributed by atoms with Crippen molar-refractivity contribution in [2.45, 2.75) is 24.9 Å². The van der Waals surface area contributed by atoms with E-state index >= 15 is 0 Å². The third kappa shape index (κ3) is 2.33. The number of nitrogens with one attached hydrogen (secondary N) is 2. The first-order valence-electron chi connectivity index (χ1n) is 6.10. The lowest BCUT2D eigenvalue weighted by Gasteiger charge is -2.17. The molecule has 1 atom stereocenters. The highest BCUT2D eigenvalue weighted by Gasteiger charge is 2.22. The molecule has 1 aliphatic carbocycles. The highest BCUT2D eigenvalue weighted by atomic mass is 16.3. The van der Waals surface area contributed by atoms with Crippen LogP contribution in [0.25, 0.3) is 11.1 Å². The Bertz CT molecular complexity index is 504. The molecular weight excluding hydrogens is 214 g/mol. The first-order valence-corrected chi connectivity index (χ1v) is 6.10.